The number of carbonyl (C=O) groups excluding carboxylic acids is 1. The van der Waals surface area contributed by atoms with Gasteiger partial charge in [0.1, 0.15) is 5.82 Å². The van der Waals surface area contributed by atoms with Gasteiger partial charge in [-0.05, 0) is 12.1 Å². The molecule has 0 radical (unpaired) electrons. The third-order valence-corrected chi connectivity index (χ3v) is 2.84. The van der Waals surface area contributed by atoms with Crippen LogP contribution in [0, 0.1) is 5.82 Å². The molecule has 6 heteroatoms. The molecular formula is C12H15ClFNO3. The standard InChI is InChI=1S/C12H15ClFNO3/c13-10-2-1-3-11(14)9(10)8-12(18)15(4-6-16)5-7-17/h1-3,16-17H,4-8H2. The van der Waals surface area contributed by atoms with E-state index in [-0.39, 0.29) is 49.2 Å². The maximum absolute atomic E-state index is 13.5. The molecule has 0 saturated carbocycles. The van der Waals surface area contributed by atoms with Gasteiger partial charge in [0.05, 0.1) is 19.6 Å². The van der Waals surface area contributed by atoms with Crippen LogP contribution in [0.1, 0.15) is 5.56 Å². The van der Waals surface area contributed by atoms with Crippen LogP contribution in [0.5, 0.6) is 0 Å². The Hall–Kier alpha value is -1.17. The van der Waals surface area contributed by atoms with Crippen molar-refractivity contribution in [2.45, 2.75) is 6.42 Å². The molecule has 1 amide bonds. The predicted molar refractivity (Wildman–Crippen MR) is 65.9 cm³/mol. The van der Waals surface area contributed by atoms with E-state index in [2.05, 4.69) is 0 Å². The highest BCUT2D eigenvalue weighted by Crippen LogP contribution is 2.20. The van der Waals surface area contributed by atoms with Gasteiger partial charge in [-0.15, -0.1) is 0 Å². The highest BCUT2D eigenvalue weighted by atomic mass is 35.5. The van der Waals surface area contributed by atoms with Crippen LogP contribution in [-0.2, 0) is 11.2 Å². The van der Waals surface area contributed by atoms with Crippen molar-refractivity contribution < 1.29 is 19.4 Å². The van der Waals surface area contributed by atoms with Crippen molar-refractivity contribution in [3.8, 4) is 0 Å². The number of carbonyl (C=O) groups is 1. The molecule has 0 aromatic heterocycles. The molecule has 0 aliphatic heterocycles. The maximum atomic E-state index is 13.5. The number of benzene rings is 1. The van der Waals surface area contributed by atoms with Crippen molar-refractivity contribution in [3.05, 3.63) is 34.6 Å². The summed E-state index contributed by atoms with van der Waals surface area (Å²) >= 11 is 5.82. The summed E-state index contributed by atoms with van der Waals surface area (Å²) < 4.78 is 13.5. The second kappa shape index (κ2) is 7.31. The molecule has 0 aliphatic rings. The van der Waals surface area contributed by atoms with E-state index in [4.69, 9.17) is 21.8 Å². The second-order valence-corrected chi connectivity index (χ2v) is 4.11. The molecule has 0 heterocycles. The van der Waals surface area contributed by atoms with E-state index >= 15 is 0 Å². The largest absolute Gasteiger partial charge is 0.395 e. The Balaban J connectivity index is 2.79. The van der Waals surface area contributed by atoms with Gasteiger partial charge in [-0.2, -0.15) is 0 Å². The third-order valence-electron chi connectivity index (χ3n) is 2.48. The lowest BCUT2D eigenvalue weighted by Gasteiger charge is -2.21. The summed E-state index contributed by atoms with van der Waals surface area (Å²) in [6.45, 7) is -0.218. The van der Waals surface area contributed by atoms with Gasteiger partial charge in [0.15, 0.2) is 0 Å². The minimum Gasteiger partial charge on any atom is -0.395 e. The smallest absolute Gasteiger partial charge is 0.227 e. The van der Waals surface area contributed by atoms with Crippen LogP contribution in [-0.4, -0.2) is 47.3 Å². The number of halogens is 2. The van der Waals surface area contributed by atoms with E-state index in [1.54, 1.807) is 0 Å². The molecule has 0 saturated heterocycles. The third kappa shape index (κ3) is 3.94. The first-order chi connectivity index (χ1) is 8.60. The first kappa shape index (κ1) is 14.9. The zero-order chi connectivity index (χ0) is 13.5. The van der Waals surface area contributed by atoms with Crippen LogP contribution in [0.3, 0.4) is 0 Å². The quantitative estimate of drug-likeness (QED) is 0.809. The molecular weight excluding hydrogens is 261 g/mol. The van der Waals surface area contributed by atoms with Gasteiger partial charge in [0.25, 0.3) is 0 Å². The van der Waals surface area contributed by atoms with Crippen molar-refractivity contribution in [1.82, 2.24) is 4.90 Å². The minimum absolute atomic E-state index is 0.103. The summed E-state index contributed by atoms with van der Waals surface area (Å²) in [7, 11) is 0. The lowest BCUT2D eigenvalue weighted by Crippen LogP contribution is -2.37. The molecule has 1 rings (SSSR count). The second-order valence-electron chi connectivity index (χ2n) is 3.70. The molecule has 1 aromatic carbocycles. The van der Waals surface area contributed by atoms with Crippen molar-refractivity contribution in [2.24, 2.45) is 0 Å². The maximum Gasteiger partial charge on any atom is 0.227 e. The summed E-state index contributed by atoms with van der Waals surface area (Å²) in [4.78, 5) is 13.1. The van der Waals surface area contributed by atoms with Crippen LogP contribution in [0.25, 0.3) is 0 Å². The van der Waals surface area contributed by atoms with E-state index in [1.807, 2.05) is 0 Å². The zero-order valence-electron chi connectivity index (χ0n) is 9.77. The van der Waals surface area contributed by atoms with Crippen LogP contribution in [0.15, 0.2) is 18.2 Å². The predicted octanol–water partition coefficient (Wildman–Crippen LogP) is 0.835. The number of amides is 1. The Morgan fingerprint density at radius 2 is 1.89 bits per heavy atom. The van der Waals surface area contributed by atoms with E-state index in [0.29, 0.717) is 0 Å². The molecule has 4 nitrogen and oxygen atoms in total. The highest BCUT2D eigenvalue weighted by molar-refractivity contribution is 6.31. The fourth-order valence-corrected chi connectivity index (χ4v) is 1.80. The Bertz CT molecular complexity index is 388. The van der Waals surface area contributed by atoms with Crippen LogP contribution < -0.4 is 0 Å². The fourth-order valence-electron chi connectivity index (χ4n) is 1.57. The summed E-state index contributed by atoms with van der Waals surface area (Å²) in [5, 5.41) is 17.8. The van der Waals surface area contributed by atoms with E-state index < -0.39 is 5.82 Å². The summed E-state index contributed by atoms with van der Waals surface area (Å²) in [5.41, 5.74) is 0.130. The molecule has 0 aliphatic carbocycles. The first-order valence-electron chi connectivity index (χ1n) is 5.52. The Kier molecular flexibility index (Phi) is 6.04. The fraction of sp³-hybridized carbons (Fsp3) is 0.417. The number of hydrogen-bond donors (Lipinski definition) is 2. The molecule has 0 bridgehead atoms. The number of nitrogens with zero attached hydrogens (tertiary/aromatic N) is 1. The van der Waals surface area contributed by atoms with Gasteiger partial charge < -0.3 is 15.1 Å². The average molecular weight is 276 g/mol. The van der Waals surface area contributed by atoms with Crippen molar-refractivity contribution >= 4 is 17.5 Å². The number of aliphatic hydroxyl groups is 2. The SMILES string of the molecule is O=C(Cc1c(F)cccc1Cl)N(CCO)CCO. The van der Waals surface area contributed by atoms with Gasteiger partial charge in [-0.3, -0.25) is 4.79 Å². The first-order valence-corrected chi connectivity index (χ1v) is 5.90. The minimum atomic E-state index is -0.538. The van der Waals surface area contributed by atoms with Gasteiger partial charge in [-0.25, -0.2) is 4.39 Å². The number of rotatable bonds is 6. The molecule has 0 fully saturated rings. The van der Waals surface area contributed by atoms with E-state index in [1.165, 1.54) is 23.1 Å². The molecule has 18 heavy (non-hydrogen) atoms. The monoisotopic (exact) mass is 275 g/mol. The summed E-state index contributed by atoms with van der Waals surface area (Å²) in [6.07, 6.45) is -0.189. The van der Waals surface area contributed by atoms with Crippen molar-refractivity contribution in [1.29, 1.82) is 0 Å². The molecule has 100 valence electrons. The van der Waals surface area contributed by atoms with Gasteiger partial charge in [-0.1, -0.05) is 17.7 Å². The Labute approximate surface area is 110 Å². The molecule has 0 atom stereocenters. The highest BCUT2D eigenvalue weighted by Gasteiger charge is 2.17. The van der Waals surface area contributed by atoms with Gasteiger partial charge >= 0.3 is 0 Å². The molecule has 0 spiro atoms. The van der Waals surface area contributed by atoms with Crippen molar-refractivity contribution in [2.75, 3.05) is 26.3 Å². The Morgan fingerprint density at radius 1 is 1.28 bits per heavy atom. The van der Waals surface area contributed by atoms with E-state index in [9.17, 15) is 9.18 Å². The van der Waals surface area contributed by atoms with Crippen molar-refractivity contribution in [3.63, 3.8) is 0 Å². The van der Waals surface area contributed by atoms with E-state index in [0.717, 1.165) is 0 Å². The summed E-state index contributed by atoms with van der Waals surface area (Å²) in [5.74, 6) is -0.922. The summed E-state index contributed by atoms with van der Waals surface area (Å²) in [6, 6.07) is 4.21. The average Bonchev–Trinajstić information content (AvgIpc) is 2.33. The van der Waals surface area contributed by atoms with Crippen LogP contribution in [0.4, 0.5) is 4.39 Å². The number of hydrogen-bond acceptors (Lipinski definition) is 3. The molecule has 0 unspecified atom stereocenters. The Morgan fingerprint density at radius 3 is 2.39 bits per heavy atom. The number of aliphatic hydroxyl groups excluding tert-OH is 2. The van der Waals surface area contributed by atoms with Crippen LogP contribution in [0.2, 0.25) is 5.02 Å². The van der Waals surface area contributed by atoms with Gasteiger partial charge in [0.2, 0.25) is 5.91 Å². The lowest BCUT2D eigenvalue weighted by molar-refractivity contribution is -0.131. The molecule has 1 aromatic rings. The van der Waals surface area contributed by atoms with Gasteiger partial charge in [0, 0.05) is 23.7 Å². The molecule has 2 N–H and O–H groups in total. The normalized spacial score (nSPS) is 10.4. The zero-order valence-corrected chi connectivity index (χ0v) is 10.5. The topological polar surface area (TPSA) is 60.8 Å². The van der Waals surface area contributed by atoms with Crippen LogP contribution >= 0.6 is 11.6 Å². The lowest BCUT2D eigenvalue weighted by atomic mass is 10.1.